The highest BCUT2D eigenvalue weighted by Gasteiger charge is 2.20. The standard InChI is InChI=1S/C11H14FN3O2/c12-9-3-8(4-11(5-9)15(16)17)6-14-2-1-10(13)7-14/h3-5,10H,1-2,6-7,13H2/t10-/m1/s1. The van der Waals surface area contributed by atoms with Gasteiger partial charge in [-0.1, -0.05) is 0 Å². The first kappa shape index (κ1) is 11.9. The molecule has 0 bridgehead atoms. The van der Waals surface area contributed by atoms with Crippen LogP contribution in [-0.2, 0) is 6.54 Å². The highest BCUT2D eigenvalue weighted by molar-refractivity contribution is 5.35. The minimum Gasteiger partial charge on any atom is -0.326 e. The van der Waals surface area contributed by atoms with Crippen LogP contribution < -0.4 is 5.73 Å². The Hall–Kier alpha value is -1.53. The van der Waals surface area contributed by atoms with Crippen LogP contribution in [0.1, 0.15) is 12.0 Å². The van der Waals surface area contributed by atoms with Crippen LogP contribution >= 0.6 is 0 Å². The van der Waals surface area contributed by atoms with Crippen molar-refractivity contribution in [2.75, 3.05) is 13.1 Å². The molecule has 1 aromatic carbocycles. The number of nitrogens with two attached hydrogens (primary N) is 1. The van der Waals surface area contributed by atoms with Gasteiger partial charge in [-0.05, 0) is 18.1 Å². The van der Waals surface area contributed by atoms with Crippen molar-refractivity contribution in [2.24, 2.45) is 5.73 Å². The SMILES string of the molecule is N[C@@H]1CCN(Cc2cc(F)cc([N+](=O)[O-])c2)C1. The number of non-ortho nitro benzene ring substituents is 1. The predicted octanol–water partition coefficient (Wildman–Crippen LogP) is 1.27. The molecule has 6 heteroatoms. The fraction of sp³-hybridized carbons (Fsp3) is 0.455. The summed E-state index contributed by atoms with van der Waals surface area (Å²) in [5, 5.41) is 10.6. The molecule has 0 unspecified atom stereocenters. The van der Waals surface area contributed by atoms with Crippen molar-refractivity contribution in [1.82, 2.24) is 4.90 Å². The maximum atomic E-state index is 13.2. The second kappa shape index (κ2) is 4.77. The Morgan fingerprint density at radius 3 is 2.88 bits per heavy atom. The minimum atomic E-state index is -0.581. The lowest BCUT2D eigenvalue weighted by atomic mass is 10.2. The van der Waals surface area contributed by atoms with E-state index in [0.717, 1.165) is 25.6 Å². The molecule has 1 heterocycles. The summed E-state index contributed by atoms with van der Waals surface area (Å²) in [4.78, 5) is 12.1. The molecule has 5 nitrogen and oxygen atoms in total. The largest absolute Gasteiger partial charge is 0.326 e. The van der Waals surface area contributed by atoms with Gasteiger partial charge in [0.05, 0.1) is 11.0 Å². The number of benzene rings is 1. The lowest BCUT2D eigenvalue weighted by molar-refractivity contribution is -0.385. The van der Waals surface area contributed by atoms with Crippen LogP contribution in [0.25, 0.3) is 0 Å². The molecular weight excluding hydrogens is 225 g/mol. The number of nitro groups is 1. The molecule has 1 aromatic rings. The number of hydrogen-bond acceptors (Lipinski definition) is 4. The van der Waals surface area contributed by atoms with Gasteiger partial charge in [0.15, 0.2) is 0 Å². The molecule has 0 saturated carbocycles. The van der Waals surface area contributed by atoms with Crippen molar-refractivity contribution in [1.29, 1.82) is 0 Å². The molecule has 1 atom stereocenters. The zero-order chi connectivity index (χ0) is 12.4. The van der Waals surface area contributed by atoms with E-state index in [1.54, 1.807) is 0 Å². The van der Waals surface area contributed by atoms with E-state index in [-0.39, 0.29) is 11.7 Å². The Morgan fingerprint density at radius 2 is 2.29 bits per heavy atom. The molecule has 2 rings (SSSR count). The van der Waals surface area contributed by atoms with Crippen molar-refractivity contribution in [3.63, 3.8) is 0 Å². The van der Waals surface area contributed by atoms with E-state index in [1.165, 1.54) is 12.1 Å². The molecule has 1 aliphatic heterocycles. The van der Waals surface area contributed by atoms with Crippen molar-refractivity contribution >= 4 is 5.69 Å². The van der Waals surface area contributed by atoms with E-state index < -0.39 is 10.7 Å². The van der Waals surface area contributed by atoms with Gasteiger partial charge >= 0.3 is 0 Å². The van der Waals surface area contributed by atoms with Crippen LogP contribution in [0.15, 0.2) is 18.2 Å². The summed E-state index contributed by atoms with van der Waals surface area (Å²) in [6.07, 6.45) is 0.914. The lowest BCUT2D eigenvalue weighted by Gasteiger charge is -2.14. The highest BCUT2D eigenvalue weighted by Crippen LogP contribution is 2.19. The van der Waals surface area contributed by atoms with E-state index in [1.807, 2.05) is 0 Å². The molecule has 0 spiro atoms. The molecule has 1 saturated heterocycles. The Bertz CT molecular complexity index is 439. The monoisotopic (exact) mass is 239 g/mol. The van der Waals surface area contributed by atoms with E-state index in [4.69, 9.17) is 5.73 Å². The van der Waals surface area contributed by atoms with Gasteiger partial charge in [0.25, 0.3) is 5.69 Å². The van der Waals surface area contributed by atoms with Gasteiger partial charge in [0, 0.05) is 31.7 Å². The number of nitro benzene ring substituents is 1. The molecule has 17 heavy (non-hydrogen) atoms. The summed E-state index contributed by atoms with van der Waals surface area (Å²) in [6.45, 7) is 2.11. The van der Waals surface area contributed by atoms with Crippen LogP contribution in [0.3, 0.4) is 0 Å². The van der Waals surface area contributed by atoms with Gasteiger partial charge in [-0.3, -0.25) is 15.0 Å². The second-order valence-corrected chi connectivity index (χ2v) is 4.36. The van der Waals surface area contributed by atoms with E-state index in [9.17, 15) is 14.5 Å². The van der Waals surface area contributed by atoms with Crippen molar-refractivity contribution in [3.05, 3.63) is 39.7 Å². The number of halogens is 1. The average molecular weight is 239 g/mol. The van der Waals surface area contributed by atoms with Gasteiger partial charge in [-0.15, -0.1) is 0 Å². The molecule has 0 amide bonds. The van der Waals surface area contributed by atoms with Crippen LogP contribution in [0.2, 0.25) is 0 Å². The van der Waals surface area contributed by atoms with Crippen LogP contribution in [-0.4, -0.2) is 29.0 Å². The Balaban J connectivity index is 2.12. The van der Waals surface area contributed by atoms with Crippen molar-refractivity contribution < 1.29 is 9.31 Å². The summed E-state index contributed by atoms with van der Waals surface area (Å²) in [5.74, 6) is -0.572. The molecular formula is C11H14FN3O2. The third-order valence-corrected chi connectivity index (χ3v) is 2.87. The number of likely N-dealkylation sites (tertiary alicyclic amines) is 1. The van der Waals surface area contributed by atoms with Gasteiger partial charge in [-0.2, -0.15) is 0 Å². The summed E-state index contributed by atoms with van der Waals surface area (Å²) < 4.78 is 13.2. The molecule has 0 radical (unpaired) electrons. The zero-order valence-electron chi connectivity index (χ0n) is 9.30. The maximum absolute atomic E-state index is 13.2. The van der Waals surface area contributed by atoms with Crippen LogP contribution in [0.4, 0.5) is 10.1 Å². The second-order valence-electron chi connectivity index (χ2n) is 4.36. The van der Waals surface area contributed by atoms with Gasteiger partial charge in [0.2, 0.25) is 0 Å². The molecule has 1 fully saturated rings. The molecule has 2 N–H and O–H groups in total. The fourth-order valence-corrected chi connectivity index (χ4v) is 2.09. The van der Waals surface area contributed by atoms with Gasteiger partial charge in [0.1, 0.15) is 5.82 Å². The Kier molecular flexibility index (Phi) is 3.35. The number of nitrogens with zero attached hydrogens (tertiary/aromatic N) is 2. The normalized spacial score (nSPS) is 20.7. The predicted molar refractivity (Wildman–Crippen MR) is 60.9 cm³/mol. The zero-order valence-corrected chi connectivity index (χ0v) is 9.30. The summed E-state index contributed by atoms with van der Waals surface area (Å²) >= 11 is 0. The summed E-state index contributed by atoms with van der Waals surface area (Å²) in [7, 11) is 0. The van der Waals surface area contributed by atoms with E-state index in [2.05, 4.69) is 4.90 Å². The molecule has 1 aliphatic rings. The first-order valence-corrected chi connectivity index (χ1v) is 5.46. The highest BCUT2D eigenvalue weighted by atomic mass is 19.1. The number of rotatable bonds is 3. The fourth-order valence-electron chi connectivity index (χ4n) is 2.09. The van der Waals surface area contributed by atoms with Gasteiger partial charge in [-0.25, -0.2) is 4.39 Å². The Morgan fingerprint density at radius 1 is 1.53 bits per heavy atom. The first-order chi connectivity index (χ1) is 8.04. The van der Waals surface area contributed by atoms with Crippen molar-refractivity contribution in [3.8, 4) is 0 Å². The molecule has 0 aliphatic carbocycles. The van der Waals surface area contributed by atoms with Crippen LogP contribution in [0.5, 0.6) is 0 Å². The van der Waals surface area contributed by atoms with E-state index >= 15 is 0 Å². The van der Waals surface area contributed by atoms with Gasteiger partial charge < -0.3 is 5.73 Å². The minimum absolute atomic E-state index is 0.151. The third kappa shape index (κ3) is 2.98. The van der Waals surface area contributed by atoms with E-state index in [0.29, 0.717) is 12.1 Å². The quantitative estimate of drug-likeness (QED) is 0.636. The first-order valence-electron chi connectivity index (χ1n) is 5.46. The summed E-state index contributed by atoms with van der Waals surface area (Å²) in [5.41, 5.74) is 6.17. The lowest BCUT2D eigenvalue weighted by Crippen LogP contribution is -2.26. The summed E-state index contributed by atoms with van der Waals surface area (Å²) in [6, 6.07) is 3.82. The van der Waals surface area contributed by atoms with Crippen molar-refractivity contribution in [2.45, 2.75) is 19.0 Å². The third-order valence-electron chi connectivity index (χ3n) is 2.87. The number of hydrogen-bond donors (Lipinski definition) is 1. The topological polar surface area (TPSA) is 72.4 Å². The van der Waals surface area contributed by atoms with Crippen LogP contribution in [0, 0.1) is 15.9 Å². The maximum Gasteiger partial charge on any atom is 0.272 e. The molecule has 92 valence electrons. The average Bonchev–Trinajstić information content (AvgIpc) is 2.63. The Labute approximate surface area is 98.2 Å². The smallest absolute Gasteiger partial charge is 0.272 e. The molecule has 0 aromatic heterocycles.